The number of urea groups is 1. The first-order valence-electron chi connectivity index (χ1n) is 8.79. The molecule has 0 saturated heterocycles. The Morgan fingerprint density at radius 3 is 2.00 bits per heavy atom. The number of hydrogen-bond donors (Lipinski definition) is 1. The van der Waals surface area contributed by atoms with Crippen molar-refractivity contribution in [3.8, 4) is 0 Å². The normalized spacial score (nSPS) is 13.5. The number of nitrogens with zero attached hydrogens (tertiary/aromatic N) is 1. The Bertz CT molecular complexity index is 881. The predicted molar refractivity (Wildman–Crippen MR) is 107 cm³/mol. The van der Waals surface area contributed by atoms with Crippen molar-refractivity contribution in [1.82, 2.24) is 5.32 Å². The second kappa shape index (κ2) is 7.26. The number of carbonyl (C=O) groups excluding carboxylic acids is 1. The molecular weight excluding hydrogens is 340 g/mol. The quantitative estimate of drug-likeness (QED) is 0.607. The Labute approximate surface area is 158 Å². The monoisotopic (exact) mass is 360 g/mol. The van der Waals surface area contributed by atoms with E-state index < -0.39 is 0 Å². The van der Waals surface area contributed by atoms with Crippen molar-refractivity contribution in [3.63, 3.8) is 0 Å². The molecule has 0 aromatic heterocycles. The molecule has 0 unspecified atom stereocenters. The molecule has 0 fully saturated rings. The molecule has 1 atom stereocenters. The van der Waals surface area contributed by atoms with Gasteiger partial charge in [-0.1, -0.05) is 73.3 Å². The van der Waals surface area contributed by atoms with Gasteiger partial charge in [0.1, 0.15) is 0 Å². The SMILES string of the molecule is CC[C@@H](NC(=O)N1c2ccccc2Sc2ccccc21)c1ccccc1. The van der Waals surface area contributed by atoms with Crippen molar-refractivity contribution >= 4 is 29.2 Å². The number of nitrogens with one attached hydrogen (secondary N) is 1. The molecule has 2 amide bonds. The molecule has 1 aliphatic rings. The van der Waals surface area contributed by atoms with Crippen LogP contribution in [0.3, 0.4) is 0 Å². The Hall–Kier alpha value is -2.72. The van der Waals surface area contributed by atoms with Crippen molar-refractivity contribution in [2.75, 3.05) is 4.90 Å². The van der Waals surface area contributed by atoms with Crippen LogP contribution in [0.2, 0.25) is 0 Å². The fraction of sp³-hybridized carbons (Fsp3) is 0.136. The molecule has 0 saturated carbocycles. The summed E-state index contributed by atoms with van der Waals surface area (Å²) in [5.41, 5.74) is 2.98. The highest BCUT2D eigenvalue weighted by atomic mass is 32.2. The maximum absolute atomic E-state index is 13.3. The highest BCUT2D eigenvalue weighted by Gasteiger charge is 2.29. The Kier molecular flexibility index (Phi) is 4.67. The van der Waals surface area contributed by atoms with E-state index in [4.69, 9.17) is 0 Å². The van der Waals surface area contributed by atoms with Gasteiger partial charge in [0, 0.05) is 9.79 Å². The fourth-order valence-corrected chi connectivity index (χ4v) is 4.30. The zero-order chi connectivity index (χ0) is 17.9. The molecule has 0 aliphatic carbocycles. The second-order valence-corrected chi connectivity index (χ2v) is 7.28. The molecule has 0 spiro atoms. The third kappa shape index (κ3) is 3.08. The first-order valence-corrected chi connectivity index (χ1v) is 9.61. The number of benzene rings is 3. The molecule has 1 heterocycles. The third-order valence-corrected chi connectivity index (χ3v) is 5.67. The van der Waals surface area contributed by atoms with Gasteiger partial charge >= 0.3 is 6.03 Å². The number of carbonyl (C=O) groups is 1. The fourth-order valence-electron chi connectivity index (χ4n) is 3.24. The zero-order valence-electron chi connectivity index (χ0n) is 14.6. The van der Waals surface area contributed by atoms with Gasteiger partial charge in [0.2, 0.25) is 0 Å². The summed E-state index contributed by atoms with van der Waals surface area (Å²) in [4.78, 5) is 17.3. The van der Waals surface area contributed by atoms with E-state index in [9.17, 15) is 4.79 Å². The van der Waals surface area contributed by atoms with Crippen LogP contribution in [0.1, 0.15) is 24.9 Å². The van der Waals surface area contributed by atoms with Crippen LogP contribution in [0.15, 0.2) is 88.7 Å². The summed E-state index contributed by atoms with van der Waals surface area (Å²) in [7, 11) is 0. The van der Waals surface area contributed by atoms with Gasteiger partial charge in [-0.2, -0.15) is 0 Å². The Morgan fingerprint density at radius 2 is 1.42 bits per heavy atom. The summed E-state index contributed by atoms with van der Waals surface area (Å²) in [5, 5.41) is 3.21. The van der Waals surface area contributed by atoms with E-state index in [1.807, 2.05) is 54.6 Å². The van der Waals surface area contributed by atoms with Crippen molar-refractivity contribution < 1.29 is 4.79 Å². The minimum Gasteiger partial charge on any atom is -0.331 e. The predicted octanol–water partition coefficient (Wildman–Crippen LogP) is 6.15. The number of amides is 2. The summed E-state index contributed by atoms with van der Waals surface area (Å²) in [6, 6.07) is 26.1. The van der Waals surface area contributed by atoms with E-state index in [0.29, 0.717) is 0 Å². The lowest BCUT2D eigenvalue weighted by atomic mass is 10.1. The van der Waals surface area contributed by atoms with Crippen molar-refractivity contribution in [3.05, 3.63) is 84.4 Å². The van der Waals surface area contributed by atoms with Gasteiger partial charge in [-0.25, -0.2) is 4.79 Å². The lowest BCUT2D eigenvalue weighted by Gasteiger charge is -2.32. The number of anilines is 2. The summed E-state index contributed by atoms with van der Waals surface area (Å²) >= 11 is 1.70. The molecule has 3 aromatic carbocycles. The highest BCUT2D eigenvalue weighted by Crippen LogP contribution is 2.47. The maximum Gasteiger partial charge on any atom is 0.327 e. The van der Waals surface area contributed by atoms with Gasteiger partial charge in [0.05, 0.1) is 17.4 Å². The van der Waals surface area contributed by atoms with Crippen LogP contribution < -0.4 is 10.2 Å². The van der Waals surface area contributed by atoms with Gasteiger partial charge in [-0.3, -0.25) is 4.90 Å². The van der Waals surface area contributed by atoms with Crippen LogP contribution in [-0.2, 0) is 0 Å². The van der Waals surface area contributed by atoms with Crippen LogP contribution in [-0.4, -0.2) is 6.03 Å². The molecule has 1 aliphatic heterocycles. The number of para-hydroxylation sites is 2. The molecule has 3 aromatic rings. The largest absolute Gasteiger partial charge is 0.331 e. The first-order chi connectivity index (χ1) is 12.8. The van der Waals surface area contributed by atoms with Crippen LogP contribution in [0, 0.1) is 0 Å². The van der Waals surface area contributed by atoms with Crippen LogP contribution in [0.4, 0.5) is 16.2 Å². The first kappa shape index (κ1) is 16.7. The lowest BCUT2D eigenvalue weighted by Crippen LogP contribution is -2.40. The number of rotatable bonds is 3. The zero-order valence-corrected chi connectivity index (χ0v) is 15.4. The Balaban J connectivity index is 1.69. The van der Waals surface area contributed by atoms with Crippen LogP contribution in [0.25, 0.3) is 0 Å². The van der Waals surface area contributed by atoms with E-state index in [1.165, 1.54) is 0 Å². The van der Waals surface area contributed by atoms with Crippen molar-refractivity contribution in [2.45, 2.75) is 29.2 Å². The minimum atomic E-state index is -0.0964. The van der Waals surface area contributed by atoms with Gasteiger partial charge in [-0.05, 0) is 36.2 Å². The smallest absolute Gasteiger partial charge is 0.327 e. The van der Waals surface area contributed by atoms with Gasteiger partial charge < -0.3 is 5.32 Å². The summed E-state index contributed by atoms with van der Waals surface area (Å²) in [5.74, 6) is 0. The van der Waals surface area contributed by atoms with Crippen LogP contribution >= 0.6 is 11.8 Å². The average Bonchev–Trinajstić information content (AvgIpc) is 2.70. The molecule has 4 rings (SSSR count). The summed E-state index contributed by atoms with van der Waals surface area (Å²) < 4.78 is 0. The third-order valence-electron chi connectivity index (χ3n) is 4.54. The molecule has 4 heteroatoms. The lowest BCUT2D eigenvalue weighted by molar-refractivity contribution is 0.244. The second-order valence-electron chi connectivity index (χ2n) is 6.19. The molecule has 0 bridgehead atoms. The van der Waals surface area contributed by atoms with E-state index in [1.54, 1.807) is 16.7 Å². The Morgan fingerprint density at radius 1 is 0.885 bits per heavy atom. The molecular formula is C22H20N2OS. The van der Waals surface area contributed by atoms with E-state index >= 15 is 0 Å². The summed E-state index contributed by atoms with van der Waals surface area (Å²) in [6.07, 6.45) is 0.835. The minimum absolute atomic E-state index is 0.0161. The van der Waals surface area contributed by atoms with Crippen LogP contribution in [0.5, 0.6) is 0 Å². The van der Waals surface area contributed by atoms with Gasteiger partial charge in [0.15, 0.2) is 0 Å². The van der Waals surface area contributed by atoms with Crippen molar-refractivity contribution in [1.29, 1.82) is 0 Å². The molecule has 1 N–H and O–H groups in total. The molecule has 26 heavy (non-hydrogen) atoms. The molecule has 130 valence electrons. The van der Waals surface area contributed by atoms with Crippen molar-refractivity contribution in [2.24, 2.45) is 0 Å². The average molecular weight is 360 g/mol. The maximum atomic E-state index is 13.3. The van der Waals surface area contributed by atoms with Gasteiger partial charge in [0.25, 0.3) is 0 Å². The van der Waals surface area contributed by atoms with E-state index in [2.05, 4.69) is 36.5 Å². The standard InChI is InChI=1S/C22H20N2OS/c1-2-17(16-10-4-3-5-11-16)23-22(25)24-18-12-6-8-14-20(18)26-21-15-9-7-13-19(21)24/h3-15,17H,2H2,1H3,(H,23,25)/t17-/m1/s1. The number of fused-ring (bicyclic) bond motifs is 2. The number of hydrogen-bond acceptors (Lipinski definition) is 2. The summed E-state index contributed by atoms with van der Waals surface area (Å²) in [6.45, 7) is 2.09. The molecule has 3 nitrogen and oxygen atoms in total. The molecule has 0 radical (unpaired) electrons. The van der Waals surface area contributed by atoms with E-state index in [-0.39, 0.29) is 12.1 Å². The highest BCUT2D eigenvalue weighted by molar-refractivity contribution is 7.99. The van der Waals surface area contributed by atoms with Gasteiger partial charge in [-0.15, -0.1) is 0 Å². The topological polar surface area (TPSA) is 32.3 Å². The van der Waals surface area contributed by atoms with E-state index in [0.717, 1.165) is 33.2 Å².